The lowest BCUT2D eigenvalue weighted by molar-refractivity contribution is -0.133. The van der Waals surface area contributed by atoms with Crippen molar-refractivity contribution in [1.82, 2.24) is 10.1 Å². The van der Waals surface area contributed by atoms with Gasteiger partial charge in [-0.2, -0.15) is 4.98 Å². The van der Waals surface area contributed by atoms with Crippen molar-refractivity contribution in [2.45, 2.75) is 11.8 Å². The maximum Gasteiger partial charge on any atom is 0.314 e. The quantitative estimate of drug-likeness (QED) is 0.694. The number of aromatic nitrogens is 2. The van der Waals surface area contributed by atoms with Gasteiger partial charge in [0.1, 0.15) is 12.4 Å². The van der Waals surface area contributed by atoms with Gasteiger partial charge in [-0.3, -0.25) is 4.79 Å². The average molecular weight is 204 g/mol. The molecule has 72 valence electrons. The molecule has 0 aliphatic rings. The highest BCUT2D eigenvalue weighted by Crippen LogP contribution is 2.14. The van der Waals surface area contributed by atoms with Gasteiger partial charge in [0.25, 0.3) is 5.22 Å². The maximum atomic E-state index is 10.2. The Bertz CT molecular complexity index is 288. The van der Waals surface area contributed by atoms with Gasteiger partial charge in [-0.25, -0.2) is 0 Å². The summed E-state index contributed by atoms with van der Waals surface area (Å²) in [7, 11) is 1.51. The van der Waals surface area contributed by atoms with Crippen molar-refractivity contribution in [3.63, 3.8) is 0 Å². The standard InChI is InChI=1S/C6H8N2O4S/c1-11-2-4-7-6(12-8-4)13-3-5(9)10/h2-3H2,1H3,(H,9,10). The van der Waals surface area contributed by atoms with Gasteiger partial charge in [0.15, 0.2) is 5.82 Å². The van der Waals surface area contributed by atoms with Gasteiger partial charge >= 0.3 is 5.97 Å². The highest BCUT2D eigenvalue weighted by atomic mass is 32.2. The van der Waals surface area contributed by atoms with E-state index in [4.69, 9.17) is 14.4 Å². The molecule has 0 aliphatic carbocycles. The second-order valence-electron chi connectivity index (χ2n) is 2.09. The van der Waals surface area contributed by atoms with Crippen molar-refractivity contribution in [2.24, 2.45) is 0 Å². The average Bonchev–Trinajstić information content (AvgIpc) is 2.50. The topological polar surface area (TPSA) is 85.5 Å². The number of aliphatic carboxylic acids is 1. The highest BCUT2D eigenvalue weighted by Gasteiger charge is 2.08. The number of rotatable bonds is 5. The molecule has 0 radical (unpaired) electrons. The van der Waals surface area contributed by atoms with E-state index in [0.29, 0.717) is 5.82 Å². The third-order valence-corrected chi connectivity index (χ3v) is 1.85. The lowest BCUT2D eigenvalue weighted by Crippen LogP contribution is -1.97. The first-order valence-electron chi connectivity index (χ1n) is 3.38. The van der Waals surface area contributed by atoms with Crippen LogP contribution in [0.15, 0.2) is 9.75 Å². The number of hydrogen-bond donors (Lipinski definition) is 1. The zero-order valence-corrected chi connectivity index (χ0v) is 7.71. The molecule has 0 spiro atoms. The Hall–Kier alpha value is -1.08. The third-order valence-electron chi connectivity index (χ3n) is 1.04. The van der Waals surface area contributed by atoms with Crippen molar-refractivity contribution in [3.8, 4) is 0 Å². The highest BCUT2D eigenvalue weighted by molar-refractivity contribution is 7.99. The van der Waals surface area contributed by atoms with Gasteiger partial charge in [-0.05, 0) is 0 Å². The zero-order valence-electron chi connectivity index (χ0n) is 6.89. The van der Waals surface area contributed by atoms with Crippen LogP contribution >= 0.6 is 11.8 Å². The Kier molecular flexibility index (Phi) is 3.71. The molecule has 1 rings (SSSR count). The summed E-state index contributed by atoms with van der Waals surface area (Å²) in [5.74, 6) is -0.596. The summed E-state index contributed by atoms with van der Waals surface area (Å²) in [6, 6.07) is 0. The lowest BCUT2D eigenvalue weighted by Gasteiger charge is -1.87. The third kappa shape index (κ3) is 3.43. The van der Waals surface area contributed by atoms with Crippen LogP contribution in [0.1, 0.15) is 5.82 Å². The van der Waals surface area contributed by atoms with Crippen LogP contribution in [-0.2, 0) is 16.1 Å². The molecule has 1 heterocycles. The van der Waals surface area contributed by atoms with Gasteiger partial charge in [0.2, 0.25) is 0 Å². The summed E-state index contributed by atoms with van der Waals surface area (Å²) < 4.78 is 9.48. The SMILES string of the molecule is COCc1noc(SCC(=O)O)n1. The predicted molar refractivity (Wildman–Crippen MR) is 43.4 cm³/mol. The molecule has 7 heteroatoms. The summed E-state index contributed by atoms with van der Waals surface area (Å²) in [6.45, 7) is 0.261. The van der Waals surface area contributed by atoms with Crippen LogP contribution < -0.4 is 0 Å². The van der Waals surface area contributed by atoms with Gasteiger partial charge < -0.3 is 14.4 Å². The Balaban J connectivity index is 2.44. The van der Waals surface area contributed by atoms with E-state index in [-0.39, 0.29) is 17.6 Å². The van der Waals surface area contributed by atoms with Crippen molar-refractivity contribution < 1.29 is 19.2 Å². The van der Waals surface area contributed by atoms with E-state index in [1.165, 1.54) is 7.11 Å². The van der Waals surface area contributed by atoms with Gasteiger partial charge in [0.05, 0.1) is 0 Å². The molecule has 1 aromatic rings. The first-order chi connectivity index (χ1) is 6.22. The molecule has 0 fully saturated rings. The zero-order chi connectivity index (χ0) is 9.68. The number of hydrogen-bond acceptors (Lipinski definition) is 6. The smallest absolute Gasteiger partial charge is 0.314 e. The van der Waals surface area contributed by atoms with E-state index in [9.17, 15) is 4.79 Å². The largest absolute Gasteiger partial charge is 0.481 e. The van der Waals surface area contributed by atoms with E-state index in [1.807, 2.05) is 0 Å². The van der Waals surface area contributed by atoms with E-state index in [1.54, 1.807) is 0 Å². The van der Waals surface area contributed by atoms with Gasteiger partial charge in [-0.15, -0.1) is 0 Å². The number of carbonyl (C=O) groups is 1. The van der Waals surface area contributed by atoms with Gasteiger partial charge in [0, 0.05) is 7.11 Å². The molecule has 0 aliphatic heterocycles. The molecule has 13 heavy (non-hydrogen) atoms. The fourth-order valence-corrected chi connectivity index (χ4v) is 1.11. The molecule has 0 aromatic carbocycles. The Morgan fingerprint density at radius 2 is 2.54 bits per heavy atom. The van der Waals surface area contributed by atoms with Crippen LogP contribution in [0.2, 0.25) is 0 Å². The summed E-state index contributed by atoms with van der Waals surface area (Å²) in [4.78, 5) is 14.0. The second-order valence-corrected chi connectivity index (χ2v) is 3.02. The Morgan fingerprint density at radius 3 is 3.15 bits per heavy atom. The fourth-order valence-electron chi connectivity index (χ4n) is 0.608. The second kappa shape index (κ2) is 4.83. The van der Waals surface area contributed by atoms with E-state index >= 15 is 0 Å². The van der Waals surface area contributed by atoms with Crippen molar-refractivity contribution >= 4 is 17.7 Å². The molecule has 1 N–H and O–H groups in total. The van der Waals surface area contributed by atoms with Crippen LogP contribution in [0, 0.1) is 0 Å². The van der Waals surface area contributed by atoms with Crippen LogP contribution in [0.25, 0.3) is 0 Å². The summed E-state index contributed by atoms with van der Waals surface area (Å²) in [6.07, 6.45) is 0. The number of nitrogens with zero attached hydrogens (tertiary/aromatic N) is 2. The van der Waals surface area contributed by atoms with Crippen LogP contribution in [0.5, 0.6) is 0 Å². The Morgan fingerprint density at radius 1 is 1.77 bits per heavy atom. The molecular weight excluding hydrogens is 196 g/mol. The van der Waals surface area contributed by atoms with Crippen molar-refractivity contribution in [1.29, 1.82) is 0 Å². The molecule has 6 nitrogen and oxygen atoms in total. The maximum absolute atomic E-state index is 10.2. The van der Waals surface area contributed by atoms with Gasteiger partial charge in [-0.1, -0.05) is 16.9 Å². The molecule has 0 atom stereocenters. The number of thioether (sulfide) groups is 1. The minimum Gasteiger partial charge on any atom is -0.481 e. The summed E-state index contributed by atoms with van der Waals surface area (Å²) >= 11 is 0.980. The monoisotopic (exact) mass is 204 g/mol. The lowest BCUT2D eigenvalue weighted by atomic mass is 10.7. The van der Waals surface area contributed by atoms with E-state index in [0.717, 1.165) is 11.8 Å². The van der Waals surface area contributed by atoms with E-state index in [2.05, 4.69) is 10.1 Å². The van der Waals surface area contributed by atoms with Crippen LogP contribution in [-0.4, -0.2) is 34.1 Å². The normalized spacial score (nSPS) is 10.2. The minimum absolute atomic E-state index is 0.0887. The minimum atomic E-state index is -0.920. The predicted octanol–water partition coefficient (Wildman–Crippen LogP) is 0.393. The number of carboxylic acid groups (broad SMARTS) is 1. The Labute approximate surface area is 78.3 Å². The number of methoxy groups -OCH3 is 1. The number of ether oxygens (including phenoxy) is 1. The molecule has 0 amide bonds. The molecule has 0 bridgehead atoms. The van der Waals surface area contributed by atoms with Crippen LogP contribution in [0.3, 0.4) is 0 Å². The number of carboxylic acids is 1. The molecule has 0 saturated heterocycles. The molecular formula is C6H8N2O4S. The molecule has 1 aromatic heterocycles. The summed E-state index contributed by atoms with van der Waals surface area (Å²) in [5.41, 5.74) is 0. The first kappa shape index (κ1) is 10.0. The van der Waals surface area contributed by atoms with Crippen molar-refractivity contribution in [2.75, 3.05) is 12.9 Å². The molecule has 0 unspecified atom stereocenters. The summed E-state index contributed by atoms with van der Waals surface area (Å²) in [5, 5.41) is 12.2. The fraction of sp³-hybridized carbons (Fsp3) is 0.500. The van der Waals surface area contributed by atoms with Crippen molar-refractivity contribution in [3.05, 3.63) is 5.82 Å². The van der Waals surface area contributed by atoms with Crippen LogP contribution in [0.4, 0.5) is 0 Å². The van der Waals surface area contributed by atoms with E-state index < -0.39 is 5.97 Å². The molecule has 0 saturated carbocycles. The first-order valence-corrected chi connectivity index (χ1v) is 4.37.